The summed E-state index contributed by atoms with van der Waals surface area (Å²) >= 11 is 0. The predicted octanol–water partition coefficient (Wildman–Crippen LogP) is 4.22. The van der Waals surface area contributed by atoms with E-state index >= 15 is 0 Å². The van der Waals surface area contributed by atoms with Gasteiger partial charge < -0.3 is 0 Å². The molecule has 0 amide bonds. The normalized spacial score (nSPS) is 18.0. The van der Waals surface area contributed by atoms with Gasteiger partial charge in [0, 0.05) is 5.71 Å². The van der Waals surface area contributed by atoms with Gasteiger partial charge in [0.05, 0.1) is 4.90 Å². The molecule has 23 heavy (non-hydrogen) atoms. The molecule has 0 saturated heterocycles. The van der Waals surface area contributed by atoms with Crippen LogP contribution in [-0.4, -0.2) is 14.1 Å². The zero-order chi connectivity index (χ0) is 17.1. The van der Waals surface area contributed by atoms with Crippen LogP contribution in [0.25, 0.3) is 0 Å². The molecule has 0 atom stereocenters. The highest BCUT2D eigenvalue weighted by Gasteiger charge is 2.19. The number of nitrogens with one attached hydrogen (secondary N) is 1. The third kappa shape index (κ3) is 4.80. The van der Waals surface area contributed by atoms with Crippen molar-refractivity contribution in [2.45, 2.75) is 70.1 Å². The molecular weight excluding hydrogens is 308 g/mol. The van der Waals surface area contributed by atoms with Crippen LogP contribution in [0, 0.1) is 5.92 Å². The van der Waals surface area contributed by atoms with Crippen molar-refractivity contribution in [3.8, 4) is 0 Å². The van der Waals surface area contributed by atoms with Crippen LogP contribution < -0.4 is 4.83 Å². The van der Waals surface area contributed by atoms with E-state index in [2.05, 4.69) is 30.7 Å². The minimum absolute atomic E-state index is 0.00540. The Morgan fingerprint density at radius 2 is 1.65 bits per heavy atom. The zero-order valence-corrected chi connectivity index (χ0v) is 15.4. The Kier molecular flexibility index (Phi) is 5.50. The number of hydrogen-bond acceptors (Lipinski definition) is 3. The lowest BCUT2D eigenvalue weighted by Crippen LogP contribution is -2.23. The molecule has 1 aromatic rings. The Labute approximate surface area is 140 Å². The minimum atomic E-state index is -3.59. The van der Waals surface area contributed by atoms with Gasteiger partial charge in [-0.15, -0.1) is 0 Å². The standard InChI is InChI=1S/C18H28N2O2S/c1-14(15-8-6-5-7-9-15)19-20-23(21,22)17-12-10-16(11-13-17)18(2,3)4/h10-13,15,20H,5-9H2,1-4H3/b19-14+. The van der Waals surface area contributed by atoms with Crippen LogP contribution in [0.2, 0.25) is 0 Å². The lowest BCUT2D eigenvalue weighted by molar-refractivity contribution is 0.437. The molecule has 1 fully saturated rings. The van der Waals surface area contributed by atoms with Crippen molar-refractivity contribution in [2.24, 2.45) is 11.0 Å². The Morgan fingerprint density at radius 1 is 1.09 bits per heavy atom. The van der Waals surface area contributed by atoms with Gasteiger partial charge in [-0.2, -0.15) is 13.5 Å². The van der Waals surface area contributed by atoms with Crippen LogP contribution in [0.1, 0.15) is 65.4 Å². The van der Waals surface area contributed by atoms with Crippen LogP contribution in [-0.2, 0) is 15.4 Å². The predicted molar refractivity (Wildman–Crippen MR) is 95.1 cm³/mol. The maximum Gasteiger partial charge on any atom is 0.276 e. The molecule has 0 spiro atoms. The molecule has 0 unspecified atom stereocenters. The first-order valence-corrected chi connectivity index (χ1v) is 9.85. The maximum atomic E-state index is 12.4. The van der Waals surface area contributed by atoms with Crippen LogP contribution in [0.15, 0.2) is 34.3 Å². The summed E-state index contributed by atoms with van der Waals surface area (Å²) in [7, 11) is -3.59. The van der Waals surface area contributed by atoms with Crippen molar-refractivity contribution >= 4 is 15.7 Å². The van der Waals surface area contributed by atoms with Crippen LogP contribution in [0.3, 0.4) is 0 Å². The van der Waals surface area contributed by atoms with Gasteiger partial charge in [0.1, 0.15) is 0 Å². The van der Waals surface area contributed by atoms with Crippen molar-refractivity contribution in [2.75, 3.05) is 0 Å². The molecule has 0 bridgehead atoms. The second-order valence-electron chi connectivity index (χ2n) is 7.46. The van der Waals surface area contributed by atoms with E-state index in [4.69, 9.17) is 0 Å². The largest absolute Gasteiger partial charge is 0.276 e. The SMILES string of the molecule is C/C(=N\NS(=O)(=O)c1ccc(C(C)(C)C)cc1)C1CCCCC1. The lowest BCUT2D eigenvalue weighted by atomic mass is 9.86. The number of nitrogens with zero attached hydrogens (tertiary/aromatic N) is 1. The van der Waals surface area contributed by atoms with Crippen molar-refractivity contribution in [1.82, 2.24) is 4.83 Å². The fourth-order valence-electron chi connectivity index (χ4n) is 2.93. The molecule has 0 heterocycles. The molecule has 4 nitrogen and oxygen atoms in total. The van der Waals surface area contributed by atoms with E-state index in [1.807, 2.05) is 19.1 Å². The van der Waals surface area contributed by atoms with Gasteiger partial charge >= 0.3 is 0 Å². The highest BCUT2D eigenvalue weighted by Crippen LogP contribution is 2.25. The van der Waals surface area contributed by atoms with E-state index in [0.717, 1.165) is 24.1 Å². The van der Waals surface area contributed by atoms with Gasteiger partial charge in [0.25, 0.3) is 10.0 Å². The van der Waals surface area contributed by atoms with Gasteiger partial charge in [0.2, 0.25) is 0 Å². The molecule has 1 aliphatic rings. The Balaban J connectivity index is 2.09. The number of hydrogen-bond donors (Lipinski definition) is 1. The van der Waals surface area contributed by atoms with E-state index < -0.39 is 10.0 Å². The average Bonchev–Trinajstić information content (AvgIpc) is 2.53. The summed E-state index contributed by atoms with van der Waals surface area (Å²) in [6, 6.07) is 7.03. The summed E-state index contributed by atoms with van der Waals surface area (Å²) in [4.78, 5) is 2.65. The molecule has 1 N–H and O–H groups in total. The fourth-order valence-corrected chi connectivity index (χ4v) is 3.79. The lowest BCUT2D eigenvalue weighted by Gasteiger charge is -2.21. The van der Waals surface area contributed by atoms with E-state index in [0.29, 0.717) is 5.92 Å². The monoisotopic (exact) mass is 336 g/mol. The van der Waals surface area contributed by atoms with Crippen molar-refractivity contribution in [3.05, 3.63) is 29.8 Å². The van der Waals surface area contributed by atoms with Gasteiger partial charge in [0.15, 0.2) is 0 Å². The summed E-state index contributed by atoms with van der Waals surface area (Å²) in [6.45, 7) is 8.23. The summed E-state index contributed by atoms with van der Waals surface area (Å²) < 4.78 is 24.7. The fraction of sp³-hybridized carbons (Fsp3) is 0.611. The van der Waals surface area contributed by atoms with E-state index in [-0.39, 0.29) is 10.3 Å². The second-order valence-corrected chi connectivity index (χ2v) is 9.12. The van der Waals surface area contributed by atoms with Gasteiger partial charge in [-0.05, 0) is 48.8 Å². The third-order valence-corrected chi connectivity index (χ3v) is 5.79. The Hall–Kier alpha value is -1.36. The van der Waals surface area contributed by atoms with E-state index in [1.54, 1.807) is 12.1 Å². The highest BCUT2D eigenvalue weighted by atomic mass is 32.2. The topological polar surface area (TPSA) is 58.5 Å². The number of rotatable bonds is 4. The summed E-state index contributed by atoms with van der Waals surface area (Å²) in [6.07, 6.45) is 5.90. The number of sulfonamides is 1. The maximum absolute atomic E-state index is 12.4. The van der Waals surface area contributed by atoms with Crippen LogP contribution >= 0.6 is 0 Å². The minimum Gasteiger partial charge on any atom is -0.200 e. The molecule has 2 rings (SSSR count). The number of hydrazone groups is 1. The van der Waals surface area contributed by atoms with Gasteiger partial charge in [-0.3, -0.25) is 0 Å². The zero-order valence-electron chi connectivity index (χ0n) is 14.6. The summed E-state index contributed by atoms with van der Waals surface area (Å²) in [5.74, 6) is 0.412. The van der Waals surface area contributed by atoms with Crippen molar-refractivity contribution in [1.29, 1.82) is 0 Å². The summed E-state index contributed by atoms with van der Waals surface area (Å²) in [5.41, 5.74) is 2.00. The molecule has 128 valence electrons. The molecule has 1 aromatic carbocycles. The van der Waals surface area contributed by atoms with Crippen LogP contribution in [0.5, 0.6) is 0 Å². The Morgan fingerprint density at radius 3 is 2.17 bits per heavy atom. The number of benzene rings is 1. The highest BCUT2D eigenvalue weighted by molar-refractivity contribution is 7.89. The van der Waals surface area contributed by atoms with E-state index in [9.17, 15) is 8.42 Å². The van der Waals surface area contributed by atoms with E-state index in [1.165, 1.54) is 19.3 Å². The summed E-state index contributed by atoms with van der Waals surface area (Å²) in [5, 5.41) is 4.15. The van der Waals surface area contributed by atoms with Gasteiger partial charge in [-0.1, -0.05) is 52.2 Å². The average molecular weight is 337 g/mol. The molecule has 0 radical (unpaired) electrons. The molecule has 1 saturated carbocycles. The first-order valence-electron chi connectivity index (χ1n) is 8.37. The van der Waals surface area contributed by atoms with Gasteiger partial charge in [-0.25, -0.2) is 4.83 Å². The molecule has 5 heteroatoms. The molecule has 0 aromatic heterocycles. The smallest absolute Gasteiger partial charge is 0.200 e. The van der Waals surface area contributed by atoms with Crippen molar-refractivity contribution < 1.29 is 8.42 Å². The van der Waals surface area contributed by atoms with Crippen molar-refractivity contribution in [3.63, 3.8) is 0 Å². The second kappa shape index (κ2) is 7.04. The molecule has 0 aliphatic heterocycles. The quantitative estimate of drug-likeness (QED) is 0.661. The first-order chi connectivity index (χ1) is 10.7. The third-order valence-electron chi connectivity index (χ3n) is 4.57. The molecular formula is C18H28N2O2S. The molecule has 1 aliphatic carbocycles. The van der Waals surface area contributed by atoms with Crippen LogP contribution in [0.4, 0.5) is 0 Å². The first kappa shape index (κ1) is 18.0. The Bertz CT molecular complexity index is 649.